The van der Waals surface area contributed by atoms with E-state index in [2.05, 4.69) is 33.0 Å². The summed E-state index contributed by atoms with van der Waals surface area (Å²) in [6.07, 6.45) is 0.455. The highest BCUT2D eigenvalue weighted by Gasteiger charge is 2.49. The van der Waals surface area contributed by atoms with Crippen molar-refractivity contribution in [3.63, 3.8) is 0 Å². The van der Waals surface area contributed by atoms with Gasteiger partial charge in [-0.15, -0.1) is 0 Å². The molecule has 0 aliphatic heterocycles. The van der Waals surface area contributed by atoms with E-state index < -0.39 is 24.0 Å². The summed E-state index contributed by atoms with van der Waals surface area (Å²) in [6.45, 7) is 3.92. The van der Waals surface area contributed by atoms with Gasteiger partial charge in [0.15, 0.2) is 0 Å². The number of aryl methyl sites for hydroxylation is 1. The number of carbonyl (C=O) groups is 3. The molecular formula is C56H57F3N4O3. The smallest absolute Gasteiger partial charge is 0.355 e. The maximum absolute atomic E-state index is 14.1. The molecular weight excluding hydrogens is 834 g/mol. The summed E-state index contributed by atoms with van der Waals surface area (Å²) in [5.41, 5.74) is 9.87. The highest BCUT2D eigenvalue weighted by atomic mass is 19.4. The number of rotatable bonds is 20. The molecule has 3 amide bonds. The third kappa shape index (κ3) is 10.1. The quantitative estimate of drug-likeness (QED) is 0.0666. The fourth-order valence-corrected chi connectivity index (χ4v) is 10.00. The molecule has 6 aromatic carbocycles. The van der Waals surface area contributed by atoms with Crippen molar-refractivity contribution in [3.05, 3.63) is 179 Å². The van der Waals surface area contributed by atoms with Crippen LogP contribution in [0.1, 0.15) is 89.0 Å². The number of alkyl halides is 3. The molecule has 0 bridgehead atoms. The third-order valence-electron chi connectivity index (χ3n) is 13.2. The second-order valence-corrected chi connectivity index (χ2v) is 17.6. The lowest BCUT2D eigenvalue weighted by Gasteiger charge is -2.31. The van der Waals surface area contributed by atoms with E-state index in [4.69, 9.17) is 0 Å². The van der Waals surface area contributed by atoms with E-state index >= 15 is 0 Å². The molecule has 66 heavy (non-hydrogen) atoms. The average molecular weight is 891 g/mol. The molecule has 8 rings (SSSR count). The van der Waals surface area contributed by atoms with Crippen LogP contribution in [0.5, 0.6) is 0 Å². The number of carbonyl (C=O) groups excluding carboxylic acids is 3. The van der Waals surface area contributed by atoms with Gasteiger partial charge in [0, 0.05) is 18.7 Å². The topological polar surface area (TPSA) is 90.5 Å². The monoisotopic (exact) mass is 890 g/mol. The molecule has 340 valence electrons. The second-order valence-electron chi connectivity index (χ2n) is 17.6. The predicted octanol–water partition coefficient (Wildman–Crippen LogP) is 11.0. The van der Waals surface area contributed by atoms with Gasteiger partial charge in [0.1, 0.15) is 12.0 Å². The van der Waals surface area contributed by atoms with E-state index in [1.165, 1.54) is 0 Å². The van der Waals surface area contributed by atoms with Crippen LogP contribution in [0.15, 0.2) is 146 Å². The van der Waals surface area contributed by atoms with E-state index in [0.717, 1.165) is 100.0 Å². The van der Waals surface area contributed by atoms with Gasteiger partial charge in [0.25, 0.3) is 5.91 Å². The molecule has 0 unspecified atom stereocenters. The summed E-state index contributed by atoms with van der Waals surface area (Å²) >= 11 is 0. The number of amides is 3. The first kappa shape index (κ1) is 46.0. The molecule has 0 saturated carbocycles. The van der Waals surface area contributed by atoms with E-state index in [1.807, 2.05) is 140 Å². The molecule has 0 aromatic heterocycles. The number of halogens is 3. The third-order valence-corrected chi connectivity index (χ3v) is 13.2. The molecule has 0 saturated heterocycles. The summed E-state index contributed by atoms with van der Waals surface area (Å²) in [4.78, 5) is 43.6. The predicted molar refractivity (Wildman–Crippen MR) is 256 cm³/mol. The molecule has 0 spiro atoms. The van der Waals surface area contributed by atoms with Gasteiger partial charge < -0.3 is 20.9 Å². The number of unbranched alkanes of at least 4 members (excludes halogenated alkanes) is 3. The number of nitrogens with one attached hydrogen (secondary N) is 3. The second kappa shape index (κ2) is 20.8. The van der Waals surface area contributed by atoms with Gasteiger partial charge in [-0.3, -0.25) is 14.4 Å². The Labute approximate surface area is 385 Å². The Morgan fingerprint density at radius 3 is 1.68 bits per heavy atom. The molecule has 3 N–H and O–H groups in total. The molecule has 10 heteroatoms. The van der Waals surface area contributed by atoms with Crippen LogP contribution in [0.25, 0.3) is 33.4 Å². The van der Waals surface area contributed by atoms with Crippen LogP contribution in [0, 0.1) is 6.92 Å². The Kier molecular flexibility index (Phi) is 14.5. The number of benzene rings is 6. The summed E-state index contributed by atoms with van der Waals surface area (Å²) in [5, 5.41) is 8.59. The van der Waals surface area contributed by atoms with Crippen LogP contribution in [-0.2, 0) is 15.0 Å². The zero-order valence-electron chi connectivity index (χ0n) is 37.4. The highest BCUT2D eigenvalue weighted by molar-refractivity contribution is 6.02. The molecule has 0 radical (unpaired) electrons. The Morgan fingerprint density at radius 2 is 1.06 bits per heavy atom. The Hall–Kier alpha value is -6.52. The van der Waals surface area contributed by atoms with Gasteiger partial charge in [-0.1, -0.05) is 158 Å². The molecule has 2 aliphatic rings. The Balaban J connectivity index is 0.897. The minimum absolute atomic E-state index is 0.00920. The van der Waals surface area contributed by atoms with Crippen molar-refractivity contribution in [2.45, 2.75) is 69.4 Å². The van der Waals surface area contributed by atoms with Crippen LogP contribution in [-0.4, -0.2) is 68.1 Å². The molecule has 0 fully saturated rings. The fourth-order valence-electron chi connectivity index (χ4n) is 10.00. The Bertz CT molecular complexity index is 2570. The zero-order chi connectivity index (χ0) is 46.1. The van der Waals surface area contributed by atoms with Crippen molar-refractivity contribution in [2.75, 3.05) is 39.3 Å². The van der Waals surface area contributed by atoms with Crippen LogP contribution in [0.4, 0.5) is 13.2 Å². The van der Waals surface area contributed by atoms with Gasteiger partial charge in [-0.2, -0.15) is 13.2 Å². The van der Waals surface area contributed by atoms with Crippen molar-refractivity contribution in [1.29, 1.82) is 0 Å². The van der Waals surface area contributed by atoms with E-state index in [-0.39, 0.29) is 17.7 Å². The molecule has 0 heterocycles. The maximum atomic E-state index is 14.1. The Morgan fingerprint density at radius 1 is 0.545 bits per heavy atom. The lowest BCUT2D eigenvalue weighted by atomic mass is 9.73. The SMILES string of the molecule is Cc1ccc(-c2ccccc2C(=O)NCCCN(CCCCCNC(=O)C2c3ccccc3-c3ccccc32)CCCCC2(C(=O)NCC(F)(F)F)c3ccccc3-c3ccccc32)cc1. The van der Waals surface area contributed by atoms with Crippen molar-refractivity contribution >= 4 is 17.7 Å². The van der Waals surface area contributed by atoms with Crippen molar-refractivity contribution in [3.8, 4) is 33.4 Å². The van der Waals surface area contributed by atoms with Crippen LogP contribution in [0.3, 0.4) is 0 Å². The van der Waals surface area contributed by atoms with Crippen LogP contribution in [0.2, 0.25) is 0 Å². The molecule has 2 aliphatic carbocycles. The van der Waals surface area contributed by atoms with Gasteiger partial charge >= 0.3 is 6.18 Å². The maximum Gasteiger partial charge on any atom is 0.405 e. The first-order valence-corrected chi connectivity index (χ1v) is 23.2. The minimum Gasteiger partial charge on any atom is -0.355 e. The van der Waals surface area contributed by atoms with Gasteiger partial charge in [0.05, 0.1) is 5.92 Å². The highest BCUT2D eigenvalue weighted by Crippen LogP contribution is 2.52. The first-order chi connectivity index (χ1) is 32.0. The fraction of sp³-hybridized carbons (Fsp3) is 0.304. The van der Waals surface area contributed by atoms with E-state index in [1.54, 1.807) is 0 Å². The first-order valence-electron chi connectivity index (χ1n) is 23.2. The summed E-state index contributed by atoms with van der Waals surface area (Å²) in [5.74, 6) is -1.08. The lowest BCUT2D eigenvalue weighted by Crippen LogP contribution is -2.47. The van der Waals surface area contributed by atoms with Crippen molar-refractivity contribution < 1.29 is 27.6 Å². The minimum atomic E-state index is -4.54. The number of fused-ring (bicyclic) bond motifs is 6. The number of hydrogen-bond donors (Lipinski definition) is 3. The van der Waals surface area contributed by atoms with Crippen LogP contribution < -0.4 is 16.0 Å². The summed E-state index contributed by atoms with van der Waals surface area (Å²) in [7, 11) is 0. The number of nitrogens with zero attached hydrogens (tertiary/aromatic N) is 1. The van der Waals surface area contributed by atoms with E-state index in [0.29, 0.717) is 44.5 Å². The standard InChI is InChI=1S/C56H57F3N4O3/c1-39-28-30-40(31-29-39)41-18-3-8-25-48(41)52(64)60-34-17-37-63(35-15-2-14-33-61-53(65)51-46-23-6-4-19-42(46)43-20-5-7-24-47(43)51)36-16-13-32-55(54(66)62-38-56(57,58)59)49-26-11-9-21-44(49)45-22-10-12-27-50(45)55/h3-12,18-31,51H,2,13-17,32-38H2,1H3,(H,60,64)(H,61,65)(H,62,66). The zero-order valence-corrected chi connectivity index (χ0v) is 37.4. The van der Waals surface area contributed by atoms with E-state index in [9.17, 15) is 27.6 Å². The normalized spacial score (nSPS) is 13.4. The van der Waals surface area contributed by atoms with Gasteiger partial charge in [-0.05, 0) is 120 Å². The lowest BCUT2D eigenvalue weighted by molar-refractivity contribution is -0.141. The van der Waals surface area contributed by atoms with Crippen molar-refractivity contribution in [1.82, 2.24) is 20.9 Å². The largest absolute Gasteiger partial charge is 0.405 e. The average Bonchev–Trinajstić information content (AvgIpc) is 3.82. The van der Waals surface area contributed by atoms with Crippen LogP contribution >= 0.6 is 0 Å². The number of hydrogen-bond acceptors (Lipinski definition) is 4. The summed E-state index contributed by atoms with van der Waals surface area (Å²) in [6, 6.07) is 47.1. The molecule has 0 atom stereocenters. The molecule has 7 nitrogen and oxygen atoms in total. The van der Waals surface area contributed by atoms with Gasteiger partial charge in [-0.25, -0.2) is 0 Å². The van der Waals surface area contributed by atoms with Gasteiger partial charge in [0.2, 0.25) is 11.8 Å². The summed E-state index contributed by atoms with van der Waals surface area (Å²) < 4.78 is 40.4. The molecule has 6 aromatic rings. The van der Waals surface area contributed by atoms with Crippen molar-refractivity contribution in [2.24, 2.45) is 0 Å².